The predicted molar refractivity (Wildman–Crippen MR) is 102 cm³/mol. The number of nitrogens with zero attached hydrogens (tertiary/aromatic N) is 3. The molecule has 134 valence electrons. The third-order valence-electron chi connectivity index (χ3n) is 5.31. The van der Waals surface area contributed by atoms with Gasteiger partial charge < -0.3 is 9.80 Å². The summed E-state index contributed by atoms with van der Waals surface area (Å²) >= 11 is 3.18. The minimum atomic E-state index is 0.131. The van der Waals surface area contributed by atoms with Crippen LogP contribution in [0.25, 0.3) is 0 Å². The molecule has 1 aromatic heterocycles. The van der Waals surface area contributed by atoms with Crippen molar-refractivity contribution in [3.8, 4) is 0 Å². The summed E-state index contributed by atoms with van der Waals surface area (Å²) in [6, 6.07) is 0. The van der Waals surface area contributed by atoms with Gasteiger partial charge in [-0.3, -0.25) is 4.79 Å². The van der Waals surface area contributed by atoms with Crippen molar-refractivity contribution in [1.82, 2.24) is 14.8 Å². The van der Waals surface area contributed by atoms with Gasteiger partial charge in [-0.2, -0.15) is 0 Å². The highest BCUT2D eigenvalue weighted by Crippen LogP contribution is 2.33. The van der Waals surface area contributed by atoms with Crippen LogP contribution in [-0.2, 0) is 0 Å². The van der Waals surface area contributed by atoms with E-state index in [4.69, 9.17) is 0 Å². The number of hydrogen-bond acceptors (Lipinski definition) is 5. The van der Waals surface area contributed by atoms with Crippen molar-refractivity contribution >= 4 is 29.0 Å². The fourth-order valence-corrected chi connectivity index (χ4v) is 5.33. The number of likely N-dealkylation sites (tertiary alicyclic amines) is 2. The minimum absolute atomic E-state index is 0.131. The van der Waals surface area contributed by atoms with Crippen molar-refractivity contribution in [3.63, 3.8) is 0 Å². The van der Waals surface area contributed by atoms with Crippen LogP contribution in [0, 0.1) is 17.8 Å². The topological polar surface area (TPSA) is 36.4 Å². The molecule has 2 saturated heterocycles. The molecular weight excluding hydrogens is 338 g/mol. The van der Waals surface area contributed by atoms with Gasteiger partial charge in [0, 0.05) is 25.0 Å². The summed E-state index contributed by atoms with van der Waals surface area (Å²) in [5.74, 6) is 2.37. The van der Waals surface area contributed by atoms with Crippen LogP contribution in [0.2, 0.25) is 0 Å². The van der Waals surface area contributed by atoms with E-state index in [2.05, 4.69) is 23.7 Å². The SMILES string of the molecule is CSc1nc(C(=O)N2CC[C@@H](C3CCN(CC(C)C)CC3)C2)cs1. The number of carbonyl (C=O) groups is 1. The van der Waals surface area contributed by atoms with Crippen molar-refractivity contribution in [2.24, 2.45) is 17.8 Å². The lowest BCUT2D eigenvalue weighted by molar-refractivity contribution is 0.0767. The molecule has 0 aliphatic carbocycles. The van der Waals surface area contributed by atoms with Gasteiger partial charge in [-0.05, 0) is 56.4 Å². The van der Waals surface area contributed by atoms with Gasteiger partial charge in [-0.25, -0.2) is 4.98 Å². The van der Waals surface area contributed by atoms with Gasteiger partial charge in [0.15, 0.2) is 0 Å². The van der Waals surface area contributed by atoms with E-state index in [1.807, 2.05) is 16.5 Å². The summed E-state index contributed by atoms with van der Waals surface area (Å²) in [5.41, 5.74) is 0.636. The van der Waals surface area contributed by atoms with Gasteiger partial charge in [0.05, 0.1) is 0 Å². The first-order chi connectivity index (χ1) is 11.6. The standard InChI is InChI=1S/C18H29N3OS2/c1-13(2)10-20-7-4-14(5-8-20)15-6-9-21(11-15)17(22)16-12-24-18(19-16)23-3/h12-15H,4-11H2,1-3H3/t15-/m1/s1. The number of rotatable bonds is 5. The molecule has 3 heterocycles. The highest BCUT2D eigenvalue weighted by atomic mass is 32.2. The smallest absolute Gasteiger partial charge is 0.273 e. The number of aromatic nitrogens is 1. The Kier molecular flexibility index (Phi) is 6.22. The number of carbonyl (C=O) groups excluding carboxylic acids is 1. The predicted octanol–water partition coefficient (Wildman–Crippen LogP) is 3.70. The summed E-state index contributed by atoms with van der Waals surface area (Å²) < 4.78 is 0.978. The Morgan fingerprint density at radius 2 is 2.00 bits per heavy atom. The summed E-state index contributed by atoms with van der Waals surface area (Å²) in [6.07, 6.45) is 5.77. The second-order valence-electron chi connectivity index (χ2n) is 7.53. The molecule has 0 aromatic carbocycles. The van der Waals surface area contributed by atoms with Crippen LogP contribution < -0.4 is 0 Å². The van der Waals surface area contributed by atoms with Crippen LogP contribution in [0.4, 0.5) is 0 Å². The molecule has 1 amide bonds. The van der Waals surface area contributed by atoms with Crippen molar-refractivity contribution in [2.75, 3.05) is 39.0 Å². The van der Waals surface area contributed by atoms with Crippen molar-refractivity contribution < 1.29 is 4.79 Å². The normalized spacial score (nSPS) is 23.3. The molecule has 1 atom stereocenters. The molecule has 2 fully saturated rings. The highest BCUT2D eigenvalue weighted by Gasteiger charge is 2.34. The zero-order chi connectivity index (χ0) is 17.1. The van der Waals surface area contributed by atoms with Crippen LogP contribution in [-0.4, -0.2) is 59.7 Å². The van der Waals surface area contributed by atoms with E-state index in [1.54, 1.807) is 23.1 Å². The molecule has 6 heteroatoms. The average molecular weight is 368 g/mol. The fraction of sp³-hybridized carbons (Fsp3) is 0.778. The Morgan fingerprint density at radius 1 is 1.29 bits per heavy atom. The summed E-state index contributed by atoms with van der Waals surface area (Å²) in [4.78, 5) is 21.7. The lowest BCUT2D eigenvalue weighted by Gasteiger charge is -2.35. The monoisotopic (exact) mass is 367 g/mol. The van der Waals surface area contributed by atoms with Crippen LogP contribution >= 0.6 is 23.1 Å². The van der Waals surface area contributed by atoms with E-state index >= 15 is 0 Å². The van der Waals surface area contributed by atoms with Crippen molar-refractivity contribution in [2.45, 2.75) is 37.4 Å². The number of thiazole rings is 1. The zero-order valence-corrected chi connectivity index (χ0v) is 16.7. The number of piperidine rings is 1. The fourth-order valence-electron chi connectivity index (χ4n) is 4.09. The summed E-state index contributed by atoms with van der Waals surface area (Å²) in [5, 5.41) is 1.91. The first-order valence-corrected chi connectivity index (χ1v) is 11.2. The molecule has 0 saturated carbocycles. The second kappa shape index (κ2) is 8.19. The van der Waals surface area contributed by atoms with Crippen LogP contribution in [0.5, 0.6) is 0 Å². The summed E-state index contributed by atoms with van der Waals surface area (Å²) in [7, 11) is 0. The molecule has 3 rings (SSSR count). The molecule has 1 aromatic rings. The van der Waals surface area contributed by atoms with E-state index in [1.165, 1.54) is 38.9 Å². The van der Waals surface area contributed by atoms with E-state index in [0.717, 1.165) is 29.3 Å². The van der Waals surface area contributed by atoms with Gasteiger partial charge >= 0.3 is 0 Å². The Morgan fingerprint density at radius 3 is 2.62 bits per heavy atom. The Labute approximate surface area is 154 Å². The van der Waals surface area contributed by atoms with Crippen molar-refractivity contribution in [3.05, 3.63) is 11.1 Å². The Hall–Kier alpha value is -0.590. The molecule has 0 spiro atoms. The van der Waals surface area contributed by atoms with E-state index in [0.29, 0.717) is 11.6 Å². The lowest BCUT2D eigenvalue weighted by Crippen LogP contribution is -2.39. The van der Waals surface area contributed by atoms with E-state index in [-0.39, 0.29) is 5.91 Å². The molecule has 0 radical (unpaired) electrons. The number of thioether (sulfide) groups is 1. The Balaban J connectivity index is 1.50. The Bertz CT molecular complexity index is 552. The van der Waals surface area contributed by atoms with Gasteiger partial charge in [-0.1, -0.05) is 25.6 Å². The van der Waals surface area contributed by atoms with Crippen LogP contribution in [0.3, 0.4) is 0 Å². The molecule has 0 bridgehead atoms. The van der Waals surface area contributed by atoms with Crippen LogP contribution in [0.1, 0.15) is 43.6 Å². The molecule has 24 heavy (non-hydrogen) atoms. The summed E-state index contributed by atoms with van der Waals surface area (Å²) in [6.45, 7) is 10.1. The zero-order valence-electron chi connectivity index (χ0n) is 15.0. The quantitative estimate of drug-likeness (QED) is 0.744. The van der Waals surface area contributed by atoms with Crippen molar-refractivity contribution in [1.29, 1.82) is 0 Å². The second-order valence-corrected chi connectivity index (χ2v) is 9.45. The molecule has 0 N–H and O–H groups in total. The largest absolute Gasteiger partial charge is 0.337 e. The maximum absolute atomic E-state index is 12.6. The number of hydrogen-bond donors (Lipinski definition) is 0. The minimum Gasteiger partial charge on any atom is -0.337 e. The highest BCUT2D eigenvalue weighted by molar-refractivity contribution is 8.00. The first kappa shape index (κ1) is 18.2. The van der Waals surface area contributed by atoms with Gasteiger partial charge in [0.2, 0.25) is 0 Å². The van der Waals surface area contributed by atoms with Gasteiger partial charge in [0.25, 0.3) is 5.91 Å². The first-order valence-electron chi connectivity index (χ1n) is 9.08. The average Bonchev–Trinajstić information content (AvgIpc) is 3.24. The molecule has 4 nitrogen and oxygen atoms in total. The molecule has 2 aliphatic rings. The molecule has 2 aliphatic heterocycles. The number of amides is 1. The van der Waals surface area contributed by atoms with Crippen LogP contribution in [0.15, 0.2) is 9.72 Å². The third kappa shape index (κ3) is 4.33. The molecule has 0 unspecified atom stereocenters. The van der Waals surface area contributed by atoms with E-state index < -0.39 is 0 Å². The van der Waals surface area contributed by atoms with Gasteiger partial charge in [-0.15, -0.1) is 11.3 Å². The maximum Gasteiger partial charge on any atom is 0.273 e. The third-order valence-corrected chi connectivity index (χ3v) is 7.17. The molecular formula is C18H29N3OS2. The lowest BCUT2D eigenvalue weighted by atomic mass is 9.83. The van der Waals surface area contributed by atoms with E-state index in [9.17, 15) is 4.79 Å². The maximum atomic E-state index is 12.6. The van der Waals surface area contributed by atoms with Gasteiger partial charge in [0.1, 0.15) is 10.0 Å².